The van der Waals surface area contributed by atoms with Crippen LogP contribution in [0.2, 0.25) is 0 Å². The monoisotopic (exact) mass is 402 g/mol. The fraction of sp³-hybridized carbons (Fsp3) is 0.652. The van der Waals surface area contributed by atoms with Gasteiger partial charge in [0.1, 0.15) is 12.4 Å². The molecule has 1 aliphatic heterocycles. The van der Waals surface area contributed by atoms with Gasteiger partial charge in [-0.3, -0.25) is 4.79 Å². The number of nitrogens with one attached hydrogen (secondary N) is 1. The van der Waals surface area contributed by atoms with Crippen LogP contribution in [0.15, 0.2) is 29.4 Å². The minimum atomic E-state index is -0.0885. The highest BCUT2D eigenvalue weighted by Crippen LogP contribution is 2.23. The average molecular weight is 403 g/mol. The zero-order valence-electron chi connectivity index (χ0n) is 17.5. The van der Waals surface area contributed by atoms with Gasteiger partial charge < -0.3 is 19.6 Å². The Hall–Kier alpha value is -2.08. The predicted molar refractivity (Wildman–Crippen MR) is 113 cm³/mol. The summed E-state index contributed by atoms with van der Waals surface area (Å²) in [5.41, 5.74) is 1.84. The molecular formula is C23H34N2O4. The van der Waals surface area contributed by atoms with Gasteiger partial charge >= 0.3 is 0 Å². The lowest BCUT2D eigenvalue weighted by Gasteiger charge is -2.22. The number of amides is 1. The third kappa shape index (κ3) is 7.69. The van der Waals surface area contributed by atoms with E-state index in [-0.39, 0.29) is 12.5 Å². The Morgan fingerprint density at radius 2 is 1.79 bits per heavy atom. The number of hydrogen-bond acceptors (Lipinski definition) is 5. The molecule has 2 aliphatic rings. The molecule has 1 saturated carbocycles. The molecule has 0 aromatic heterocycles. The van der Waals surface area contributed by atoms with Crippen LogP contribution in [0.1, 0.15) is 57.4 Å². The lowest BCUT2D eigenvalue weighted by molar-refractivity contribution is -0.123. The number of nitrogens with zero attached hydrogens (tertiary/aromatic N) is 1. The van der Waals surface area contributed by atoms with Crippen LogP contribution in [0.25, 0.3) is 0 Å². The summed E-state index contributed by atoms with van der Waals surface area (Å²) in [5, 5.41) is 7.21. The summed E-state index contributed by atoms with van der Waals surface area (Å²) >= 11 is 0. The first-order valence-electron chi connectivity index (χ1n) is 10.9. The lowest BCUT2D eigenvalue weighted by atomic mass is 9.90. The maximum absolute atomic E-state index is 12.0. The molecule has 1 N–H and O–H groups in total. The molecule has 1 amide bonds. The van der Waals surface area contributed by atoms with E-state index in [2.05, 4.69) is 10.5 Å². The summed E-state index contributed by atoms with van der Waals surface area (Å²) in [6.07, 6.45) is 8.50. The first-order valence-corrected chi connectivity index (χ1v) is 10.9. The molecule has 29 heavy (non-hydrogen) atoms. The van der Waals surface area contributed by atoms with Gasteiger partial charge in [-0.15, -0.1) is 0 Å². The van der Waals surface area contributed by atoms with Gasteiger partial charge in [-0.05, 0) is 74.3 Å². The van der Waals surface area contributed by atoms with Crippen LogP contribution >= 0.6 is 0 Å². The predicted octanol–water partition coefficient (Wildman–Crippen LogP) is 3.93. The van der Waals surface area contributed by atoms with Gasteiger partial charge in [0.15, 0.2) is 6.61 Å². The van der Waals surface area contributed by atoms with Gasteiger partial charge in [0.25, 0.3) is 5.91 Å². The second-order valence-electron chi connectivity index (χ2n) is 8.15. The molecule has 160 valence electrons. The Morgan fingerprint density at radius 1 is 1.07 bits per heavy atom. The van der Waals surface area contributed by atoms with E-state index in [9.17, 15) is 4.79 Å². The molecule has 1 aliphatic carbocycles. The minimum Gasteiger partial charge on any atom is -0.484 e. The van der Waals surface area contributed by atoms with Crippen molar-refractivity contribution in [1.82, 2.24) is 5.32 Å². The Bertz CT molecular complexity index is 647. The molecule has 0 spiro atoms. The van der Waals surface area contributed by atoms with E-state index >= 15 is 0 Å². The van der Waals surface area contributed by atoms with Crippen molar-refractivity contribution in [1.29, 1.82) is 0 Å². The zero-order valence-corrected chi connectivity index (χ0v) is 17.5. The number of ether oxygens (including phenoxy) is 2. The summed E-state index contributed by atoms with van der Waals surface area (Å²) in [7, 11) is 0. The van der Waals surface area contributed by atoms with Gasteiger partial charge in [-0.2, -0.15) is 0 Å². The Kier molecular flexibility index (Phi) is 8.81. The highest BCUT2D eigenvalue weighted by atomic mass is 16.6. The smallest absolute Gasteiger partial charge is 0.257 e. The maximum atomic E-state index is 12.0. The number of carbonyl (C=O) groups is 1. The normalized spacial score (nSPS) is 19.0. The van der Waals surface area contributed by atoms with Crippen LogP contribution in [0.4, 0.5) is 0 Å². The first kappa shape index (κ1) is 21.6. The molecule has 0 radical (unpaired) electrons. The van der Waals surface area contributed by atoms with E-state index in [1.54, 1.807) is 0 Å². The molecule has 6 heteroatoms. The maximum Gasteiger partial charge on any atom is 0.257 e. The third-order valence-corrected chi connectivity index (χ3v) is 5.81. The number of hydrogen-bond donors (Lipinski definition) is 1. The van der Waals surface area contributed by atoms with Crippen molar-refractivity contribution in [3.63, 3.8) is 0 Å². The summed E-state index contributed by atoms with van der Waals surface area (Å²) in [6, 6.07) is 7.61. The molecule has 1 heterocycles. The van der Waals surface area contributed by atoms with Gasteiger partial charge in [0, 0.05) is 19.8 Å². The third-order valence-electron chi connectivity index (χ3n) is 5.81. The van der Waals surface area contributed by atoms with Gasteiger partial charge in [0.05, 0.1) is 5.71 Å². The Balaban J connectivity index is 1.36. The number of rotatable bonds is 9. The quantitative estimate of drug-likeness (QED) is 0.502. The van der Waals surface area contributed by atoms with Crippen LogP contribution in [0.3, 0.4) is 0 Å². The highest BCUT2D eigenvalue weighted by molar-refractivity contribution is 5.98. The van der Waals surface area contributed by atoms with Crippen LogP contribution in [-0.2, 0) is 14.4 Å². The standard InChI is InChI=1S/C23H34N2O4/c1-18(25-29-16-20-5-3-2-4-6-20)21-7-9-22(10-8-21)28-17-23(26)24-15-19-11-13-27-14-12-19/h7-10,19-20H,2-6,11-17H2,1H3,(H,24,26). The molecular weight excluding hydrogens is 368 g/mol. The zero-order chi connectivity index (χ0) is 20.3. The molecule has 2 fully saturated rings. The molecule has 0 unspecified atom stereocenters. The molecule has 0 atom stereocenters. The van der Waals surface area contributed by atoms with Gasteiger partial charge in [-0.1, -0.05) is 24.4 Å². The van der Waals surface area contributed by atoms with Crippen LogP contribution in [-0.4, -0.2) is 44.6 Å². The molecule has 0 bridgehead atoms. The van der Waals surface area contributed by atoms with E-state index in [0.717, 1.165) is 37.3 Å². The van der Waals surface area contributed by atoms with E-state index in [1.807, 2.05) is 31.2 Å². The fourth-order valence-electron chi connectivity index (χ4n) is 3.85. The highest BCUT2D eigenvalue weighted by Gasteiger charge is 2.15. The summed E-state index contributed by atoms with van der Waals surface area (Å²) < 4.78 is 10.9. The SMILES string of the molecule is CC(=NOCC1CCCCC1)c1ccc(OCC(=O)NCC2CCOCC2)cc1. The topological polar surface area (TPSA) is 69.2 Å². The van der Waals surface area contributed by atoms with Crippen molar-refractivity contribution in [2.45, 2.75) is 51.9 Å². The van der Waals surface area contributed by atoms with Gasteiger partial charge in [0.2, 0.25) is 0 Å². The average Bonchev–Trinajstić information content (AvgIpc) is 2.78. The second kappa shape index (κ2) is 11.8. The van der Waals surface area contributed by atoms with Crippen molar-refractivity contribution in [2.24, 2.45) is 17.0 Å². The fourth-order valence-corrected chi connectivity index (χ4v) is 3.85. The molecule has 6 nitrogen and oxygen atoms in total. The van der Waals surface area contributed by atoms with Crippen LogP contribution < -0.4 is 10.1 Å². The summed E-state index contributed by atoms with van der Waals surface area (Å²) in [5.74, 6) is 1.74. The van der Waals surface area contributed by atoms with E-state index in [0.29, 0.717) is 30.7 Å². The van der Waals surface area contributed by atoms with E-state index in [1.165, 1.54) is 32.1 Å². The lowest BCUT2D eigenvalue weighted by Crippen LogP contribution is -2.35. The number of benzene rings is 1. The van der Waals surface area contributed by atoms with E-state index < -0.39 is 0 Å². The van der Waals surface area contributed by atoms with Crippen molar-refractivity contribution >= 4 is 11.6 Å². The van der Waals surface area contributed by atoms with Crippen molar-refractivity contribution in [3.05, 3.63) is 29.8 Å². The largest absolute Gasteiger partial charge is 0.484 e. The Morgan fingerprint density at radius 3 is 2.52 bits per heavy atom. The molecule has 1 aromatic carbocycles. The van der Waals surface area contributed by atoms with Crippen LogP contribution in [0, 0.1) is 11.8 Å². The van der Waals surface area contributed by atoms with E-state index in [4.69, 9.17) is 14.3 Å². The number of carbonyl (C=O) groups excluding carboxylic acids is 1. The van der Waals surface area contributed by atoms with Crippen molar-refractivity contribution < 1.29 is 19.1 Å². The molecule has 1 saturated heterocycles. The molecule has 3 rings (SSSR count). The summed E-state index contributed by atoms with van der Waals surface area (Å²) in [4.78, 5) is 17.6. The van der Waals surface area contributed by atoms with Crippen molar-refractivity contribution in [3.8, 4) is 5.75 Å². The Labute approximate surface area is 174 Å². The minimum absolute atomic E-state index is 0.0279. The van der Waals surface area contributed by atoms with Crippen LogP contribution in [0.5, 0.6) is 5.75 Å². The molecule has 1 aromatic rings. The van der Waals surface area contributed by atoms with Crippen molar-refractivity contribution in [2.75, 3.05) is 33.0 Å². The second-order valence-corrected chi connectivity index (χ2v) is 8.15. The summed E-state index contributed by atoms with van der Waals surface area (Å²) in [6.45, 7) is 4.96. The number of oxime groups is 1. The first-order chi connectivity index (χ1) is 14.2. The van der Waals surface area contributed by atoms with Gasteiger partial charge in [-0.25, -0.2) is 0 Å².